The summed E-state index contributed by atoms with van der Waals surface area (Å²) in [5.41, 5.74) is 2.82. The largest absolute Gasteiger partial charge is 0.377 e. The van der Waals surface area contributed by atoms with Gasteiger partial charge in [-0.1, -0.05) is 67.1 Å². The number of benzene rings is 2. The van der Waals surface area contributed by atoms with Crippen LogP contribution in [0.25, 0.3) is 0 Å². The highest BCUT2D eigenvalue weighted by molar-refractivity contribution is 5.17. The summed E-state index contributed by atoms with van der Waals surface area (Å²) >= 11 is 0. The summed E-state index contributed by atoms with van der Waals surface area (Å²) < 4.78 is 6.29. The molecule has 0 unspecified atom stereocenters. The van der Waals surface area contributed by atoms with Crippen LogP contribution >= 0.6 is 0 Å². The van der Waals surface area contributed by atoms with Crippen molar-refractivity contribution in [2.24, 2.45) is 0 Å². The van der Waals surface area contributed by atoms with Crippen LogP contribution in [-0.4, -0.2) is 48.2 Å². The molecule has 1 aliphatic carbocycles. The Morgan fingerprint density at radius 1 is 0.733 bits per heavy atom. The third-order valence-corrected chi connectivity index (χ3v) is 6.83. The molecule has 30 heavy (non-hydrogen) atoms. The van der Waals surface area contributed by atoms with Crippen LogP contribution in [0.2, 0.25) is 0 Å². The standard InChI is InChI=1S/C27H38N2O/c1-4-10-24(11-5-1)22-29(23-25-12-6-2-7-13-25)26-14-16-27(17-15-26)30-21-20-28-18-8-3-9-19-28/h1-2,4-7,10-13,26-27H,3,8-9,14-23H2/t26-,27-. The molecule has 4 rings (SSSR count). The van der Waals surface area contributed by atoms with Crippen molar-refractivity contribution < 1.29 is 4.74 Å². The highest BCUT2D eigenvalue weighted by atomic mass is 16.5. The van der Waals surface area contributed by atoms with Gasteiger partial charge in [-0.15, -0.1) is 0 Å². The van der Waals surface area contributed by atoms with Crippen LogP contribution in [0.15, 0.2) is 60.7 Å². The molecule has 0 radical (unpaired) electrons. The zero-order valence-corrected chi connectivity index (χ0v) is 18.4. The maximum absolute atomic E-state index is 6.29. The minimum Gasteiger partial charge on any atom is -0.377 e. The lowest BCUT2D eigenvalue weighted by Crippen LogP contribution is -2.39. The Kier molecular flexibility index (Phi) is 8.36. The first kappa shape index (κ1) is 21.5. The van der Waals surface area contributed by atoms with Crippen LogP contribution in [-0.2, 0) is 17.8 Å². The van der Waals surface area contributed by atoms with E-state index in [-0.39, 0.29) is 0 Å². The molecule has 1 saturated heterocycles. The Hall–Kier alpha value is -1.68. The topological polar surface area (TPSA) is 15.7 Å². The summed E-state index contributed by atoms with van der Waals surface area (Å²) in [7, 11) is 0. The van der Waals surface area contributed by atoms with Crippen LogP contribution in [0.5, 0.6) is 0 Å². The van der Waals surface area contributed by atoms with E-state index in [4.69, 9.17) is 4.74 Å². The molecule has 0 spiro atoms. The minimum absolute atomic E-state index is 0.460. The van der Waals surface area contributed by atoms with E-state index in [2.05, 4.69) is 70.5 Å². The molecule has 1 heterocycles. The van der Waals surface area contributed by atoms with Crippen LogP contribution in [0.4, 0.5) is 0 Å². The van der Waals surface area contributed by atoms with Gasteiger partial charge in [0, 0.05) is 25.7 Å². The number of hydrogen-bond acceptors (Lipinski definition) is 3. The fourth-order valence-electron chi connectivity index (χ4n) is 5.06. The average Bonchev–Trinajstić information content (AvgIpc) is 2.81. The first-order valence-electron chi connectivity index (χ1n) is 12.0. The predicted molar refractivity (Wildman–Crippen MR) is 124 cm³/mol. The zero-order valence-electron chi connectivity index (χ0n) is 18.4. The van der Waals surface area contributed by atoms with E-state index in [9.17, 15) is 0 Å². The monoisotopic (exact) mass is 406 g/mol. The number of piperidine rings is 1. The molecule has 3 heteroatoms. The molecular formula is C27H38N2O. The lowest BCUT2D eigenvalue weighted by atomic mass is 9.91. The van der Waals surface area contributed by atoms with E-state index in [1.807, 2.05) is 0 Å². The lowest BCUT2D eigenvalue weighted by Gasteiger charge is -2.37. The molecule has 0 amide bonds. The Morgan fingerprint density at radius 2 is 1.30 bits per heavy atom. The van der Waals surface area contributed by atoms with E-state index in [0.29, 0.717) is 12.1 Å². The summed E-state index contributed by atoms with van der Waals surface area (Å²) in [5.74, 6) is 0. The number of rotatable bonds is 9. The average molecular weight is 407 g/mol. The fraction of sp³-hybridized carbons (Fsp3) is 0.556. The Bertz CT molecular complexity index is 665. The summed E-state index contributed by atoms with van der Waals surface area (Å²) in [6.07, 6.45) is 9.48. The molecule has 3 nitrogen and oxygen atoms in total. The molecule has 2 aromatic carbocycles. The zero-order chi connectivity index (χ0) is 20.4. The lowest BCUT2D eigenvalue weighted by molar-refractivity contribution is -0.00543. The summed E-state index contributed by atoms with van der Waals surface area (Å²) in [6, 6.07) is 22.5. The van der Waals surface area contributed by atoms with E-state index in [1.165, 1.54) is 69.2 Å². The third kappa shape index (κ3) is 6.66. The Morgan fingerprint density at radius 3 is 1.87 bits per heavy atom. The number of likely N-dealkylation sites (tertiary alicyclic amines) is 1. The van der Waals surface area contributed by atoms with Crippen LogP contribution in [0, 0.1) is 0 Å². The van der Waals surface area contributed by atoms with Crippen LogP contribution in [0.3, 0.4) is 0 Å². The van der Waals surface area contributed by atoms with Gasteiger partial charge in [0.25, 0.3) is 0 Å². The van der Waals surface area contributed by atoms with Gasteiger partial charge in [-0.3, -0.25) is 4.90 Å². The second-order valence-electron chi connectivity index (χ2n) is 9.08. The SMILES string of the molecule is c1ccc(CN(Cc2ccccc2)[C@H]2CC[C@H](OCCN3CCCCC3)CC2)cc1. The van der Waals surface area contributed by atoms with Crippen molar-refractivity contribution >= 4 is 0 Å². The highest BCUT2D eigenvalue weighted by Gasteiger charge is 2.26. The van der Waals surface area contributed by atoms with Crippen molar-refractivity contribution in [3.05, 3.63) is 71.8 Å². The van der Waals surface area contributed by atoms with E-state index in [0.717, 1.165) is 26.2 Å². The molecule has 2 aliphatic rings. The number of ether oxygens (including phenoxy) is 1. The quantitative estimate of drug-likeness (QED) is 0.547. The molecular weight excluding hydrogens is 368 g/mol. The first-order chi connectivity index (χ1) is 14.9. The number of hydrogen-bond donors (Lipinski definition) is 0. The van der Waals surface area contributed by atoms with Crippen LogP contribution in [0.1, 0.15) is 56.1 Å². The van der Waals surface area contributed by atoms with Gasteiger partial charge in [0.15, 0.2) is 0 Å². The van der Waals surface area contributed by atoms with E-state index in [1.54, 1.807) is 0 Å². The van der Waals surface area contributed by atoms with Gasteiger partial charge in [0.2, 0.25) is 0 Å². The van der Waals surface area contributed by atoms with Gasteiger partial charge in [-0.25, -0.2) is 0 Å². The van der Waals surface area contributed by atoms with E-state index >= 15 is 0 Å². The molecule has 1 aliphatic heterocycles. The second kappa shape index (κ2) is 11.6. The first-order valence-corrected chi connectivity index (χ1v) is 12.0. The molecule has 0 N–H and O–H groups in total. The Labute approximate surface area is 183 Å². The van der Waals surface area contributed by atoms with Crippen molar-refractivity contribution in [2.45, 2.75) is 70.2 Å². The van der Waals surface area contributed by atoms with Gasteiger partial charge in [-0.05, 0) is 62.7 Å². The summed E-state index contributed by atoms with van der Waals surface area (Å²) in [5, 5.41) is 0. The number of nitrogens with zero attached hydrogens (tertiary/aromatic N) is 2. The second-order valence-corrected chi connectivity index (χ2v) is 9.08. The molecule has 0 atom stereocenters. The van der Waals surface area contributed by atoms with Gasteiger partial charge in [-0.2, -0.15) is 0 Å². The van der Waals surface area contributed by atoms with Crippen molar-refractivity contribution in [2.75, 3.05) is 26.2 Å². The van der Waals surface area contributed by atoms with Crippen molar-refractivity contribution in [1.82, 2.24) is 9.80 Å². The van der Waals surface area contributed by atoms with Gasteiger partial charge in [0.1, 0.15) is 0 Å². The van der Waals surface area contributed by atoms with Gasteiger partial charge < -0.3 is 9.64 Å². The highest BCUT2D eigenvalue weighted by Crippen LogP contribution is 2.28. The third-order valence-electron chi connectivity index (χ3n) is 6.83. The minimum atomic E-state index is 0.460. The van der Waals surface area contributed by atoms with E-state index < -0.39 is 0 Å². The smallest absolute Gasteiger partial charge is 0.0597 e. The normalized spacial score (nSPS) is 23.0. The predicted octanol–water partition coefficient (Wildman–Crippen LogP) is 5.50. The van der Waals surface area contributed by atoms with Crippen molar-refractivity contribution in [3.8, 4) is 0 Å². The molecule has 0 bridgehead atoms. The molecule has 2 fully saturated rings. The van der Waals surface area contributed by atoms with Crippen molar-refractivity contribution in [3.63, 3.8) is 0 Å². The maximum atomic E-state index is 6.29. The fourth-order valence-corrected chi connectivity index (χ4v) is 5.06. The summed E-state index contributed by atoms with van der Waals surface area (Å²) in [4.78, 5) is 5.27. The molecule has 162 valence electrons. The molecule has 1 saturated carbocycles. The molecule has 0 aromatic heterocycles. The van der Waals surface area contributed by atoms with Gasteiger partial charge >= 0.3 is 0 Å². The van der Waals surface area contributed by atoms with Gasteiger partial charge in [0.05, 0.1) is 12.7 Å². The van der Waals surface area contributed by atoms with Crippen molar-refractivity contribution in [1.29, 1.82) is 0 Å². The Balaban J connectivity index is 1.27. The maximum Gasteiger partial charge on any atom is 0.0597 e. The van der Waals surface area contributed by atoms with Crippen LogP contribution < -0.4 is 0 Å². The molecule has 2 aromatic rings. The summed E-state index contributed by atoms with van der Waals surface area (Å²) in [6.45, 7) is 6.62.